The van der Waals surface area contributed by atoms with Gasteiger partial charge < -0.3 is 45.6 Å². The van der Waals surface area contributed by atoms with E-state index in [0.29, 0.717) is 91.6 Å². The summed E-state index contributed by atoms with van der Waals surface area (Å²) >= 11 is 7.13. The number of aromatic amines is 3. The van der Waals surface area contributed by atoms with E-state index < -0.39 is 0 Å². The number of aromatic nitrogens is 15. The summed E-state index contributed by atoms with van der Waals surface area (Å²) in [5, 5.41) is 8.52. The third-order valence-electron chi connectivity index (χ3n) is 23.4. The topological polar surface area (TPSA) is 325 Å². The van der Waals surface area contributed by atoms with Crippen LogP contribution >= 0.6 is 58.0 Å². The number of fused-ring (bicyclic) bond motifs is 15. The highest BCUT2D eigenvalue weighted by atomic mass is 32.2. The Morgan fingerprint density at radius 1 is 0.486 bits per heavy atom. The lowest BCUT2D eigenvalue weighted by Crippen LogP contribution is -2.37. The number of hydrogen-bond acceptors (Lipinski definition) is 22. The lowest BCUT2D eigenvalue weighted by atomic mass is 9.83. The van der Waals surface area contributed by atoms with Crippen LogP contribution in [0.4, 0.5) is 13.2 Å². The zero-order valence-corrected chi connectivity index (χ0v) is 63.8. The highest BCUT2D eigenvalue weighted by Gasteiger charge is 2.49. The van der Waals surface area contributed by atoms with Crippen molar-refractivity contribution >= 4 is 124 Å². The summed E-state index contributed by atoms with van der Waals surface area (Å²) in [7, 11) is 3.07. The molecule has 20 rings (SSSR count). The van der Waals surface area contributed by atoms with Crippen molar-refractivity contribution in [1.29, 1.82) is 0 Å². The van der Waals surface area contributed by atoms with Crippen LogP contribution in [0.5, 0.6) is 0 Å². The van der Waals surface area contributed by atoms with Crippen LogP contribution in [0.2, 0.25) is 0 Å². The van der Waals surface area contributed by atoms with Gasteiger partial charge in [0.25, 0.3) is 17.3 Å². The van der Waals surface area contributed by atoms with Crippen molar-refractivity contribution in [2.45, 2.75) is 176 Å². The average molecular weight is 1540 g/mol. The largest absolute Gasteiger partial charge is 0.440 e. The van der Waals surface area contributed by atoms with E-state index in [2.05, 4.69) is 34.9 Å². The first kappa shape index (κ1) is 70.1. The van der Waals surface area contributed by atoms with Crippen molar-refractivity contribution in [3.63, 3.8) is 0 Å². The molecule has 30 heteroatoms. The van der Waals surface area contributed by atoms with Gasteiger partial charge in [-0.25, -0.2) is 67.8 Å². The van der Waals surface area contributed by atoms with Crippen LogP contribution in [0.1, 0.15) is 142 Å². The van der Waals surface area contributed by atoms with Gasteiger partial charge in [-0.05, 0) is 215 Å². The summed E-state index contributed by atoms with van der Waals surface area (Å²) < 4.78 is 59.4. The van der Waals surface area contributed by atoms with E-state index in [4.69, 9.17) is 55.9 Å². The molecule has 22 nitrogen and oxygen atoms in total. The van der Waals surface area contributed by atoms with E-state index in [0.717, 1.165) is 211 Å². The van der Waals surface area contributed by atoms with E-state index in [9.17, 15) is 22.8 Å². The summed E-state index contributed by atoms with van der Waals surface area (Å²) in [6.07, 6.45) is 20.1. The number of nitrogens with zero attached hydrogens (tertiary/aromatic N) is 12. The van der Waals surface area contributed by atoms with Crippen LogP contribution in [0.3, 0.4) is 0 Å². The Bertz CT molecular complexity index is 5770. The molecule has 0 spiro atoms. The third kappa shape index (κ3) is 12.6. The first-order valence-corrected chi connectivity index (χ1v) is 40.7. The minimum atomic E-state index is -0.389. The molecule has 14 aromatic rings. The molecule has 0 radical (unpaired) electrons. The van der Waals surface area contributed by atoms with E-state index in [1.165, 1.54) is 64.0 Å². The molecule has 550 valence electrons. The highest BCUT2D eigenvalue weighted by Crippen LogP contribution is 2.57. The number of H-pyrrole nitrogens is 3. The quantitative estimate of drug-likeness (QED) is 0.0551. The Balaban J connectivity index is 0.000000113. The van der Waals surface area contributed by atoms with Crippen molar-refractivity contribution in [3.05, 3.63) is 151 Å². The summed E-state index contributed by atoms with van der Waals surface area (Å²) in [6.45, 7) is 9.82. The molecular weight excluding hydrogens is 1460 g/mol. The number of thiazole rings is 2. The number of nitrogens with one attached hydrogen (secondary N) is 3. The van der Waals surface area contributed by atoms with Crippen molar-refractivity contribution in [1.82, 2.24) is 73.9 Å². The third-order valence-corrected chi connectivity index (χ3v) is 28.1. The van der Waals surface area contributed by atoms with Gasteiger partial charge in [0.05, 0.1) is 71.7 Å². The molecule has 11 heterocycles. The number of hydrogen-bond donors (Lipinski definition) is 6. The second-order valence-corrected chi connectivity index (χ2v) is 35.4. The molecule has 6 aliphatic rings. The highest BCUT2D eigenvalue weighted by molar-refractivity contribution is 8.01. The normalized spacial score (nSPS) is 23.5. The van der Waals surface area contributed by atoms with Crippen molar-refractivity contribution < 1.29 is 22.0 Å². The first-order valence-electron chi connectivity index (χ1n) is 36.6. The molecule has 6 aliphatic carbocycles. The van der Waals surface area contributed by atoms with Crippen LogP contribution in [-0.4, -0.2) is 92.1 Å². The molecule has 9 N–H and O–H groups in total. The van der Waals surface area contributed by atoms with Crippen molar-refractivity contribution in [3.8, 4) is 21.8 Å². The standard InChI is InChI=1S/2C26H25FN6OS2.C25H27FN6O2S/c2*1-3-12-5-15(27)8-17-20-22(16-6-14-4-13(16)7-18(14)28)32-26(33-23(20)31-21(12)17)36-19-10-30-25(35-19)24-29-9-11(2)34-24;1-4-11-6-14(26)9-16-19-21(15-7-13-5-12(15)8-17(13)27)29-24(30-22(19)28-20(11)16)35-18-10-31(2)25(34)32(3)23(18)33/h2*5,8-10,13-14,16,18H,3-4,6-7,28H2,1-2H3,(H,31,32,33);6,9-10,12-13,15,17H,4-5,7-8,27H2,1-3H3,(H,28,29,30)/t2*13-,14-,16?,18-;12-,13-,15?,17-/m111/s1. The van der Waals surface area contributed by atoms with Crippen LogP contribution in [0.25, 0.3) is 87.6 Å². The first-order chi connectivity index (χ1) is 51.7. The van der Waals surface area contributed by atoms with Crippen molar-refractivity contribution in [2.75, 3.05) is 0 Å². The summed E-state index contributed by atoms with van der Waals surface area (Å²) in [6, 6.07) is 10.4. The second-order valence-electron chi connectivity index (χ2n) is 29.8. The second kappa shape index (κ2) is 27.5. The fraction of sp³-hybridized carbons (Fsp3) is 0.403. The molecular formula is C77H77F3N18O4S5. The lowest BCUT2D eigenvalue weighted by molar-refractivity contribution is 0.371. The number of halogens is 3. The van der Waals surface area contributed by atoms with Crippen molar-refractivity contribution in [2.24, 2.45) is 66.8 Å². The maximum Gasteiger partial charge on any atom is 0.330 e. The molecule has 6 saturated carbocycles. The molecule has 11 aromatic heterocycles. The Kier molecular flexibility index (Phi) is 18.0. The van der Waals surface area contributed by atoms with Gasteiger partial charge in [-0.2, -0.15) is 0 Å². The van der Waals surface area contributed by atoms with E-state index in [1.54, 1.807) is 55.8 Å². The van der Waals surface area contributed by atoms with Gasteiger partial charge in [0.15, 0.2) is 25.5 Å². The Hall–Kier alpha value is -8.62. The van der Waals surface area contributed by atoms with Gasteiger partial charge in [-0.1, -0.05) is 20.8 Å². The maximum atomic E-state index is 14.6. The van der Waals surface area contributed by atoms with Gasteiger partial charge in [-0.3, -0.25) is 9.36 Å². The summed E-state index contributed by atoms with van der Waals surface area (Å²) in [5.41, 5.74) is 29.0. The SMILES string of the molecule is CCc1cc(F)cc2c1[nH]c1nc(Sc3cn(C)c(=O)n(C)c3=O)nc(C3C[C@H]4C[C@@H]3C[C@H]4N)c12.CCc1cc(F)cc2c1[nH]c1nc(Sc3cnc(-c4ncc(C)o4)s3)nc(C3C[C@H]4C[C@@H]3C[C@H]4N)c12.CCc1cc(F)cc2c1[nH]c1nc(Sc3cnc(-c4ncc(C)o4)s3)nc(C3C[C@H]4C[C@@H]3C[C@H]4N)c12. The van der Waals surface area contributed by atoms with E-state index >= 15 is 0 Å². The minimum absolute atomic E-state index is 0.208. The minimum Gasteiger partial charge on any atom is -0.440 e. The zero-order chi connectivity index (χ0) is 73.7. The summed E-state index contributed by atoms with van der Waals surface area (Å²) in [4.78, 5) is 83.0. The molecule has 0 saturated heterocycles. The van der Waals surface area contributed by atoms with E-state index in [-0.39, 0.29) is 52.7 Å². The van der Waals surface area contributed by atoms with Gasteiger partial charge >= 0.3 is 5.69 Å². The number of rotatable bonds is 14. The fourth-order valence-electron chi connectivity index (χ4n) is 18.4. The monoisotopic (exact) mass is 1530 g/mol. The van der Waals surface area contributed by atoms with Crippen LogP contribution in [0, 0.1) is 66.8 Å². The Morgan fingerprint density at radius 2 is 0.850 bits per heavy atom. The molecule has 3 unspecified atom stereocenters. The van der Waals surface area contributed by atoms with Gasteiger partial charge in [-0.15, -0.1) is 22.7 Å². The molecule has 0 aliphatic heterocycles. The molecule has 6 fully saturated rings. The number of nitrogens with two attached hydrogens (primary N) is 3. The predicted molar refractivity (Wildman–Crippen MR) is 411 cm³/mol. The predicted octanol–water partition coefficient (Wildman–Crippen LogP) is 15.7. The lowest BCUT2D eigenvalue weighted by Gasteiger charge is -2.26. The number of aryl methyl sites for hydroxylation is 6. The molecule has 6 bridgehead atoms. The molecule has 107 heavy (non-hydrogen) atoms. The molecule has 3 aromatic carbocycles. The molecule has 12 atom stereocenters. The average Bonchev–Trinajstić information content (AvgIpc) is 1.59. The van der Waals surface area contributed by atoms with E-state index in [1.807, 2.05) is 47.0 Å². The maximum absolute atomic E-state index is 14.6. The van der Waals surface area contributed by atoms with Crippen LogP contribution in [0.15, 0.2) is 115 Å². The molecule has 0 amide bonds. The van der Waals surface area contributed by atoms with Crippen LogP contribution < -0.4 is 28.5 Å². The zero-order valence-electron chi connectivity index (χ0n) is 59.7. The Labute approximate surface area is 631 Å². The van der Waals surface area contributed by atoms with Crippen LogP contribution in [-0.2, 0) is 33.4 Å². The van der Waals surface area contributed by atoms with Gasteiger partial charge in [0.2, 0.25) is 0 Å². The fourth-order valence-corrected chi connectivity index (χ4v) is 22.9. The smallest absolute Gasteiger partial charge is 0.330 e. The number of oxazole rings is 2. The van der Waals surface area contributed by atoms with Gasteiger partial charge in [0, 0.05) is 88.5 Å². The summed E-state index contributed by atoms with van der Waals surface area (Å²) in [5.74, 6) is 5.61. The number of benzene rings is 3. The Morgan fingerprint density at radius 3 is 1.17 bits per heavy atom. The van der Waals surface area contributed by atoms with Gasteiger partial charge in [0.1, 0.15) is 45.9 Å².